The van der Waals surface area contributed by atoms with Crippen LogP contribution in [0.2, 0.25) is 0 Å². The van der Waals surface area contributed by atoms with E-state index in [1.54, 1.807) is 17.0 Å². The van der Waals surface area contributed by atoms with E-state index in [9.17, 15) is 32.4 Å². The Morgan fingerprint density at radius 1 is 0.725 bits per heavy atom. The number of hydrogen-bond donors (Lipinski definition) is 1. The lowest BCUT2D eigenvalue weighted by Crippen LogP contribution is -2.35. The maximum Gasteiger partial charge on any atom is 0.415 e. The summed E-state index contributed by atoms with van der Waals surface area (Å²) in [5, 5.41) is 38.6. The van der Waals surface area contributed by atoms with E-state index < -0.39 is 41.5 Å². The third kappa shape index (κ3) is 6.14. The van der Waals surface area contributed by atoms with Crippen molar-refractivity contribution in [1.82, 2.24) is 15.2 Å². The van der Waals surface area contributed by atoms with E-state index in [2.05, 4.69) is 19.6 Å². The van der Waals surface area contributed by atoms with Crippen LogP contribution in [-0.4, -0.2) is 76.6 Å². The SMILES string of the molecule is O=S(=O)(c1ccccc1)c1c(OCCN(CCO)CCOc2no[n+]([O-])c2S(=O)(=O)c2ccccc2)no[n+]1[O-]. The first kappa shape index (κ1) is 28.7. The van der Waals surface area contributed by atoms with Gasteiger partial charge in [0.05, 0.1) is 26.7 Å². The van der Waals surface area contributed by atoms with Gasteiger partial charge in [0.1, 0.15) is 13.2 Å². The van der Waals surface area contributed by atoms with E-state index >= 15 is 0 Å². The molecule has 2 aromatic heterocycles. The normalized spacial score (nSPS) is 12.1. The molecule has 40 heavy (non-hydrogen) atoms. The summed E-state index contributed by atoms with van der Waals surface area (Å²) in [5.41, 5.74) is 0. The third-order valence-electron chi connectivity index (χ3n) is 5.42. The predicted octanol–water partition coefficient (Wildman–Crippen LogP) is -0.653. The van der Waals surface area contributed by atoms with Crippen molar-refractivity contribution >= 4 is 19.7 Å². The zero-order chi connectivity index (χ0) is 28.8. The third-order valence-corrected chi connectivity index (χ3v) is 8.87. The standard InChI is InChI=1S/C22H23N5O11S2/c28-14-11-25(12-15-35-19-21(26(29)37-23-19)39(31,32)17-7-3-1-4-8-17)13-16-36-20-22(27(30)38-24-20)40(33,34)18-9-5-2-6-10-18/h1-10,28H,11-16H2. The Morgan fingerprint density at radius 2 is 1.12 bits per heavy atom. The van der Waals surface area contributed by atoms with E-state index in [0.29, 0.717) is 0 Å². The Morgan fingerprint density at radius 3 is 1.50 bits per heavy atom. The molecular weight excluding hydrogens is 574 g/mol. The fraction of sp³-hybridized carbons (Fsp3) is 0.273. The molecule has 0 radical (unpaired) electrons. The molecule has 0 amide bonds. The summed E-state index contributed by atoms with van der Waals surface area (Å²) in [6.07, 6.45) is 0. The van der Waals surface area contributed by atoms with Crippen LogP contribution < -0.4 is 19.3 Å². The Kier molecular flexibility index (Phi) is 8.83. The van der Waals surface area contributed by atoms with Crippen molar-refractivity contribution in [3.63, 3.8) is 0 Å². The minimum atomic E-state index is -4.29. The summed E-state index contributed by atoms with van der Waals surface area (Å²) in [6.45, 7) is -0.315. The van der Waals surface area contributed by atoms with Gasteiger partial charge in [0, 0.05) is 19.6 Å². The summed E-state index contributed by atoms with van der Waals surface area (Å²) in [5.74, 6) is -1.09. The van der Waals surface area contributed by atoms with Crippen molar-refractivity contribution in [2.75, 3.05) is 39.5 Å². The molecule has 16 nitrogen and oxygen atoms in total. The first-order valence-electron chi connectivity index (χ1n) is 11.5. The van der Waals surface area contributed by atoms with Crippen molar-refractivity contribution in [2.45, 2.75) is 19.8 Å². The fourth-order valence-electron chi connectivity index (χ4n) is 3.50. The molecule has 0 spiro atoms. The summed E-state index contributed by atoms with van der Waals surface area (Å²) in [6, 6.07) is 14.4. The van der Waals surface area contributed by atoms with Crippen LogP contribution in [0.15, 0.2) is 89.8 Å². The first-order valence-corrected chi connectivity index (χ1v) is 14.5. The highest BCUT2D eigenvalue weighted by Crippen LogP contribution is 2.26. The number of nitrogens with zero attached hydrogens (tertiary/aromatic N) is 5. The smallest absolute Gasteiger partial charge is 0.415 e. The second-order valence-corrected chi connectivity index (χ2v) is 11.7. The lowest BCUT2D eigenvalue weighted by Gasteiger charge is -2.20. The topological polar surface area (TPSA) is 216 Å². The average Bonchev–Trinajstić information content (AvgIpc) is 3.52. The van der Waals surface area contributed by atoms with Gasteiger partial charge in [-0.25, -0.2) is 16.8 Å². The van der Waals surface area contributed by atoms with Crippen LogP contribution in [-0.2, 0) is 19.7 Å². The number of aliphatic hydroxyl groups is 1. The molecule has 0 aliphatic carbocycles. The second-order valence-electron chi connectivity index (χ2n) is 7.98. The van der Waals surface area contributed by atoms with Crippen LogP contribution in [0, 0.1) is 10.4 Å². The van der Waals surface area contributed by atoms with Crippen LogP contribution in [0.3, 0.4) is 0 Å². The van der Waals surface area contributed by atoms with Gasteiger partial charge in [0.15, 0.2) is 0 Å². The number of benzene rings is 2. The number of aliphatic hydroxyl groups excluding tert-OH is 1. The van der Waals surface area contributed by atoms with Gasteiger partial charge in [0.2, 0.25) is 0 Å². The van der Waals surface area contributed by atoms with Crippen molar-refractivity contribution in [3.05, 3.63) is 71.1 Å². The van der Waals surface area contributed by atoms with Crippen LogP contribution in [0.1, 0.15) is 0 Å². The van der Waals surface area contributed by atoms with Gasteiger partial charge in [-0.05, 0) is 34.1 Å². The van der Waals surface area contributed by atoms with Gasteiger partial charge in [0.25, 0.3) is 19.7 Å². The molecule has 4 rings (SSSR count). The fourth-order valence-corrected chi connectivity index (χ4v) is 6.09. The molecule has 0 bridgehead atoms. The molecule has 18 heteroatoms. The molecule has 0 saturated carbocycles. The first-order chi connectivity index (χ1) is 19.2. The average molecular weight is 598 g/mol. The summed E-state index contributed by atoms with van der Waals surface area (Å²) >= 11 is 0. The van der Waals surface area contributed by atoms with Crippen molar-refractivity contribution in [2.24, 2.45) is 0 Å². The molecule has 4 aromatic rings. The monoisotopic (exact) mass is 597 g/mol. The summed E-state index contributed by atoms with van der Waals surface area (Å²) in [4.78, 5) is 0.768. The molecule has 2 heterocycles. The largest absolute Gasteiger partial charge is 0.453 e. The van der Waals surface area contributed by atoms with Gasteiger partial charge in [-0.2, -0.15) is 0 Å². The molecule has 214 valence electrons. The van der Waals surface area contributed by atoms with E-state index in [1.165, 1.54) is 48.5 Å². The predicted molar refractivity (Wildman–Crippen MR) is 129 cm³/mol. The minimum absolute atomic E-state index is 0.0933. The quantitative estimate of drug-likeness (QED) is 0.179. The Bertz CT molecular complexity index is 1510. The van der Waals surface area contributed by atoms with Crippen LogP contribution >= 0.6 is 0 Å². The molecule has 0 fully saturated rings. The minimum Gasteiger partial charge on any atom is -0.453 e. The molecule has 0 aliphatic heterocycles. The van der Waals surface area contributed by atoms with E-state index in [-0.39, 0.29) is 59.1 Å². The lowest BCUT2D eigenvalue weighted by molar-refractivity contribution is -0.832. The highest BCUT2D eigenvalue weighted by atomic mass is 32.2. The van der Waals surface area contributed by atoms with Gasteiger partial charge >= 0.3 is 21.8 Å². The second kappa shape index (κ2) is 12.3. The van der Waals surface area contributed by atoms with E-state index in [0.717, 1.165) is 0 Å². The van der Waals surface area contributed by atoms with Crippen molar-refractivity contribution in [1.29, 1.82) is 0 Å². The van der Waals surface area contributed by atoms with Crippen LogP contribution in [0.25, 0.3) is 0 Å². The van der Waals surface area contributed by atoms with Crippen molar-refractivity contribution < 1.29 is 50.5 Å². The Labute approximate surface area is 227 Å². The maximum atomic E-state index is 12.9. The summed E-state index contributed by atoms with van der Waals surface area (Å²) < 4.78 is 71.1. The number of hydrogen-bond acceptors (Lipinski definition) is 14. The number of sulfone groups is 2. The highest BCUT2D eigenvalue weighted by Gasteiger charge is 2.37. The summed E-state index contributed by atoms with van der Waals surface area (Å²) in [7, 11) is -8.59. The van der Waals surface area contributed by atoms with Gasteiger partial charge in [-0.1, -0.05) is 36.4 Å². The number of aromatic nitrogens is 4. The van der Waals surface area contributed by atoms with E-state index in [1.807, 2.05) is 0 Å². The molecule has 0 aliphatic rings. The Hall–Kier alpha value is -4.26. The zero-order valence-electron chi connectivity index (χ0n) is 20.6. The number of rotatable bonds is 14. The Balaban J connectivity index is 1.38. The molecule has 1 N–H and O–H groups in total. The van der Waals surface area contributed by atoms with Gasteiger partial charge < -0.3 is 25.0 Å². The van der Waals surface area contributed by atoms with E-state index in [4.69, 9.17) is 9.47 Å². The van der Waals surface area contributed by atoms with Gasteiger partial charge in [-0.3, -0.25) is 14.2 Å². The van der Waals surface area contributed by atoms with Crippen LogP contribution in [0.4, 0.5) is 0 Å². The molecule has 0 unspecified atom stereocenters. The molecule has 0 saturated heterocycles. The maximum absolute atomic E-state index is 12.9. The van der Waals surface area contributed by atoms with Crippen molar-refractivity contribution in [3.8, 4) is 11.8 Å². The molecular formula is C22H23N5O11S2. The highest BCUT2D eigenvalue weighted by molar-refractivity contribution is 7.91. The lowest BCUT2D eigenvalue weighted by atomic mass is 10.4. The van der Waals surface area contributed by atoms with Gasteiger partial charge in [-0.15, -0.1) is 0 Å². The molecule has 2 aromatic carbocycles. The van der Waals surface area contributed by atoms with Crippen LogP contribution in [0.5, 0.6) is 11.8 Å². The molecule has 0 atom stereocenters. The zero-order valence-corrected chi connectivity index (χ0v) is 22.2. The number of ether oxygens (including phenoxy) is 2.